The van der Waals surface area contributed by atoms with Crippen LogP contribution >= 0.6 is 11.6 Å². The molecule has 4 fully saturated rings. The van der Waals surface area contributed by atoms with E-state index in [1.165, 1.54) is 0 Å². The van der Waals surface area contributed by atoms with Crippen LogP contribution in [0.2, 0.25) is 0 Å². The van der Waals surface area contributed by atoms with E-state index < -0.39 is 6.17 Å². The lowest BCUT2D eigenvalue weighted by Crippen LogP contribution is -2.61. The minimum Gasteiger partial charge on any atom is -0.379 e. The second-order valence-corrected chi connectivity index (χ2v) is 8.52. The van der Waals surface area contributed by atoms with Crippen molar-refractivity contribution in [2.24, 2.45) is 11.7 Å². The van der Waals surface area contributed by atoms with Gasteiger partial charge in [-0.25, -0.2) is 10.4 Å². The Kier molecular flexibility index (Phi) is 6.50. The van der Waals surface area contributed by atoms with Crippen molar-refractivity contribution >= 4 is 17.5 Å². The van der Waals surface area contributed by atoms with Gasteiger partial charge in [0.15, 0.2) is 0 Å². The molecule has 4 saturated heterocycles. The molecule has 10 heteroatoms. The summed E-state index contributed by atoms with van der Waals surface area (Å²) < 4.78 is 11.8. The number of carbonyl (C=O) groups is 1. The van der Waals surface area contributed by atoms with Crippen LogP contribution in [0.3, 0.4) is 0 Å². The minimum atomic E-state index is -0.438. The smallest absolute Gasteiger partial charge is 0.229 e. The monoisotopic (exact) mass is 402 g/mol. The molecule has 9 nitrogen and oxygen atoms in total. The predicted octanol–water partition coefficient (Wildman–Crippen LogP) is -1.71. The van der Waals surface area contributed by atoms with Gasteiger partial charge in [-0.1, -0.05) is 0 Å². The van der Waals surface area contributed by atoms with Gasteiger partial charge in [-0.3, -0.25) is 10.1 Å². The molecular formula is C17H31ClN6O3. The van der Waals surface area contributed by atoms with Crippen LogP contribution in [-0.2, 0) is 14.3 Å². The number of piperidine rings is 1. The number of amides is 1. The highest BCUT2D eigenvalue weighted by Crippen LogP contribution is 2.23. The van der Waals surface area contributed by atoms with Crippen molar-refractivity contribution in [3.05, 3.63) is 0 Å². The van der Waals surface area contributed by atoms with Crippen LogP contribution in [0, 0.1) is 5.92 Å². The maximum atomic E-state index is 13.1. The molecule has 154 valence electrons. The van der Waals surface area contributed by atoms with Crippen molar-refractivity contribution < 1.29 is 14.3 Å². The van der Waals surface area contributed by atoms with Crippen LogP contribution < -0.4 is 27.1 Å². The predicted molar refractivity (Wildman–Crippen MR) is 101 cm³/mol. The molecule has 27 heavy (non-hydrogen) atoms. The Morgan fingerprint density at radius 3 is 3.04 bits per heavy atom. The summed E-state index contributed by atoms with van der Waals surface area (Å²) in [5.74, 6) is -0.431. The molecule has 6 N–H and O–H groups in total. The highest BCUT2D eigenvalue weighted by atomic mass is 35.5. The third-order valence-corrected chi connectivity index (χ3v) is 6.15. The van der Waals surface area contributed by atoms with Crippen LogP contribution in [0.25, 0.3) is 0 Å². The van der Waals surface area contributed by atoms with E-state index in [0.717, 1.165) is 32.4 Å². The Bertz CT molecular complexity index is 523. The van der Waals surface area contributed by atoms with Crippen molar-refractivity contribution in [3.8, 4) is 0 Å². The first-order valence-corrected chi connectivity index (χ1v) is 10.5. The maximum Gasteiger partial charge on any atom is 0.229 e. The maximum absolute atomic E-state index is 13.1. The molecule has 7 atom stereocenters. The highest BCUT2D eigenvalue weighted by molar-refractivity contribution is 6.21. The quantitative estimate of drug-likeness (QED) is 0.353. The van der Waals surface area contributed by atoms with Gasteiger partial charge < -0.3 is 25.8 Å². The highest BCUT2D eigenvalue weighted by Gasteiger charge is 2.47. The van der Waals surface area contributed by atoms with E-state index in [2.05, 4.69) is 21.4 Å². The second-order valence-electron chi connectivity index (χ2n) is 7.90. The topological polar surface area (TPSA) is 113 Å². The van der Waals surface area contributed by atoms with Crippen LogP contribution in [0.4, 0.5) is 0 Å². The van der Waals surface area contributed by atoms with Crippen molar-refractivity contribution in [1.29, 1.82) is 0 Å². The number of fused-ring (bicyclic) bond motifs is 1. The Labute approximate surface area is 165 Å². The van der Waals surface area contributed by atoms with Crippen molar-refractivity contribution in [2.75, 3.05) is 39.4 Å². The molecule has 0 bridgehead atoms. The van der Waals surface area contributed by atoms with E-state index in [9.17, 15) is 4.79 Å². The second kappa shape index (κ2) is 8.87. The summed E-state index contributed by atoms with van der Waals surface area (Å²) in [6, 6.07) is -0.0706. The van der Waals surface area contributed by atoms with Crippen molar-refractivity contribution in [1.82, 2.24) is 26.4 Å². The number of hydrogen-bond acceptors (Lipinski definition) is 8. The Hall–Kier alpha value is -0.520. The lowest BCUT2D eigenvalue weighted by molar-refractivity contribution is -0.132. The molecule has 0 spiro atoms. The van der Waals surface area contributed by atoms with E-state index in [0.29, 0.717) is 26.2 Å². The molecule has 4 heterocycles. The van der Waals surface area contributed by atoms with Gasteiger partial charge in [0.1, 0.15) is 0 Å². The average Bonchev–Trinajstić information content (AvgIpc) is 2.99. The first-order valence-electron chi connectivity index (χ1n) is 10.0. The zero-order valence-corrected chi connectivity index (χ0v) is 16.3. The van der Waals surface area contributed by atoms with Crippen molar-refractivity contribution in [2.45, 2.75) is 55.2 Å². The molecule has 0 radical (unpaired) electrons. The molecule has 4 aliphatic rings. The number of alkyl halides is 1. The molecule has 0 aromatic rings. The zero-order valence-electron chi connectivity index (χ0n) is 15.5. The minimum absolute atomic E-state index is 0.000739. The average molecular weight is 403 g/mol. The number of nitrogens with zero attached hydrogens (tertiary/aromatic N) is 1. The normalized spacial score (nSPS) is 43.3. The summed E-state index contributed by atoms with van der Waals surface area (Å²) in [4.78, 5) is 13.1. The number of carbonyl (C=O) groups excluding carboxylic acids is 1. The van der Waals surface area contributed by atoms with Crippen LogP contribution in [0.15, 0.2) is 0 Å². The summed E-state index contributed by atoms with van der Waals surface area (Å²) in [6.45, 7) is 4.37. The molecule has 0 aliphatic carbocycles. The molecular weight excluding hydrogens is 372 g/mol. The zero-order chi connectivity index (χ0) is 18.8. The standard InChI is InChI=1S/C17H31ClN6O3/c18-10-6-21-16-14(15(19)23-24(16)8-10)17(25)22-12-7-20-4-3-13(12)27-11-2-1-5-26-9-11/h10-16,20-21,23H,1-9,19H2,(H,22,25). The molecule has 4 rings (SSSR count). The summed E-state index contributed by atoms with van der Waals surface area (Å²) in [5, 5.41) is 11.8. The van der Waals surface area contributed by atoms with Gasteiger partial charge in [-0.15, -0.1) is 11.6 Å². The van der Waals surface area contributed by atoms with Gasteiger partial charge in [0.2, 0.25) is 5.91 Å². The van der Waals surface area contributed by atoms with E-state index in [-0.39, 0.29) is 41.6 Å². The summed E-state index contributed by atoms with van der Waals surface area (Å²) in [7, 11) is 0. The lowest BCUT2D eigenvalue weighted by atomic mass is 9.98. The third-order valence-electron chi connectivity index (χ3n) is 5.86. The van der Waals surface area contributed by atoms with E-state index in [1.807, 2.05) is 5.01 Å². The van der Waals surface area contributed by atoms with E-state index in [4.69, 9.17) is 26.8 Å². The fourth-order valence-electron chi connectivity index (χ4n) is 4.46. The number of ether oxygens (including phenoxy) is 2. The fraction of sp³-hybridized carbons (Fsp3) is 0.941. The van der Waals surface area contributed by atoms with E-state index in [1.54, 1.807) is 0 Å². The Morgan fingerprint density at radius 1 is 1.33 bits per heavy atom. The van der Waals surface area contributed by atoms with Crippen LogP contribution in [-0.4, -0.2) is 86.3 Å². The summed E-state index contributed by atoms with van der Waals surface area (Å²) >= 11 is 6.21. The van der Waals surface area contributed by atoms with Gasteiger partial charge in [-0.2, -0.15) is 0 Å². The first kappa shape index (κ1) is 19.8. The van der Waals surface area contributed by atoms with E-state index >= 15 is 0 Å². The van der Waals surface area contributed by atoms with Gasteiger partial charge in [0.05, 0.1) is 48.5 Å². The number of hydrazine groups is 1. The summed E-state index contributed by atoms with van der Waals surface area (Å²) in [5.41, 5.74) is 9.39. The van der Waals surface area contributed by atoms with Gasteiger partial charge >= 0.3 is 0 Å². The van der Waals surface area contributed by atoms with Gasteiger partial charge in [0.25, 0.3) is 0 Å². The Balaban J connectivity index is 1.36. The summed E-state index contributed by atoms with van der Waals surface area (Å²) in [6.07, 6.45) is 2.45. The van der Waals surface area contributed by atoms with Gasteiger partial charge in [-0.05, 0) is 25.8 Å². The fourth-order valence-corrected chi connectivity index (χ4v) is 4.70. The molecule has 4 aliphatic heterocycles. The number of rotatable bonds is 4. The molecule has 0 aromatic heterocycles. The number of halogens is 1. The first-order chi connectivity index (χ1) is 13.1. The number of nitrogens with two attached hydrogens (primary N) is 1. The Morgan fingerprint density at radius 2 is 2.22 bits per heavy atom. The third kappa shape index (κ3) is 4.56. The van der Waals surface area contributed by atoms with Crippen LogP contribution in [0.1, 0.15) is 19.3 Å². The SMILES string of the molecule is NC1NN2CC(Cl)CNC2C1C(=O)NC1CNCCC1OC1CCCOC1. The molecule has 0 aromatic carbocycles. The van der Waals surface area contributed by atoms with Crippen molar-refractivity contribution in [3.63, 3.8) is 0 Å². The van der Waals surface area contributed by atoms with Gasteiger partial charge in [0, 0.05) is 26.2 Å². The van der Waals surface area contributed by atoms with Crippen LogP contribution in [0.5, 0.6) is 0 Å². The lowest BCUT2D eigenvalue weighted by Gasteiger charge is -2.38. The number of hydrogen-bond donors (Lipinski definition) is 5. The molecule has 0 saturated carbocycles. The molecule has 1 amide bonds. The number of nitrogens with one attached hydrogen (secondary N) is 4. The molecule has 7 unspecified atom stereocenters. The largest absolute Gasteiger partial charge is 0.379 e.